The highest BCUT2D eigenvalue weighted by Crippen LogP contribution is 2.26. The minimum absolute atomic E-state index is 0.0555. The minimum Gasteiger partial charge on any atom is -0.340 e. The zero-order chi connectivity index (χ0) is 20.5. The number of nitrogens with zero attached hydrogens (tertiary/aromatic N) is 5. The zero-order valence-corrected chi connectivity index (χ0v) is 16.8. The first-order valence-electron chi connectivity index (χ1n) is 9.93. The Bertz CT molecular complexity index is 1100. The van der Waals surface area contributed by atoms with Gasteiger partial charge >= 0.3 is 0 Å². The van der Waals surface area contributed by atoms with Gasteiger partial charge in [-0.25, -0.2) is 4.98 Å². The lowest BCUT2D eigenvalue weighted by molar-refractivity contribution is -0.130. The molecule has 3 aromatic rings. The molecule has 0 spiro atoms. The van der Waals surface area contributed by atoms with Crippen LogP contribution in [0.1, 0.15) is 30.3 Å². The minimum atomic E-state index is -0.0936. The zero-order valence-electron chi connectivity index (χ0n) is 16.8. The third-order valence-electron chi connectivity index (χ3n) is 5.78. The number of para-hydroxylation sites is 1. The van der Waals surface area contributed by atoms with Gasteiger partial charge in [-0.15, -0.1) is 0 Å². The standard InChI is InChI=1S/C21H26N6O2/c1-14-24-18-7-4-3-6-15(18)21(29)27(14)11-5-8-20(28)26-12-16(17(22)13-26)19-9-10-23-25(19)2/h3-4,6-7,9-10,16-17H,5,8,11-13,22H2,1-2H3/t16-,17-/m1/s1. The molecule has 1 aliphatic rings. The van der Waals surface area contributed by atoms with Crippen LogP contribution >= 0.6 is 0 Å². The number of nitrogens with two attached hydrogens (primary N) is 1. The molecule has 2 N–H and O–H groups in total. The van der Waals surface area contributed by atoms with Crippen LogP contribution in [0.5, 0.6) is 0 Å². The quantitative estimate of drug-likeness (QED) is 0.700. The molecule has 29 heavy (non-hydrogen) atoms. The summed E-state index contributed by atoms with van der Waals surface area (Å²) in [6.07, 6.45) is 2.72. The smallest absolute Gasteiger partial charge is 0.261 e. The van der Waals surface area contributed by atoms with E-state index in [1.807, 2.05) is 47.8 Å². The summed E-state index contributed by atoms with van der Waals surface area (Å²) < 4.78 is 3.48. The SMILES string of the molecule is Cc1nc2ccccc2c(=O)n1CCCC(=O)N1C[C@@H](N)[C@H](c2ccnn2C)C1. The molecule has 4 rings (SSSR count). The van der Waals surface area contributed by atoms with Gasteiger partial charge in [-0.2, -0.15) is 5.10 Å². The second-order valence-electron chi connectivity index (χ2n) is 7.69. The maximum Gasteiger partial charge on any atom is 0.261 e. The molecule has 1 saturated heterocycles. The van der Waals surface area contributed by atoms with Gasteiger partial charge in [-0.3, -0.25) is 18.8 Å². The van der Waals surface area contributed by atoms with Crippen molar-refractivity contribution in [2.75, 3.05) is 13.1 Å². The molecule has 8 heteroatoms. The molecule has 1 aromatic carbocycles. The maximum atomic E-state index is 12.7. The average molecular weight is 394 g/mol. The Morgan fingerprint density at radius 3 is 2.79 bits per heavy atom. The molecule has 8 nitrogen and oxygen atoms in total. The third kappa shape index (κ3) is 3.67. The number of hydrogen-bond acceptors (Lipinski definition) is 5. The summed E-state index contributed by atoms with van der Waals surface area (Å²) in [5, 5.41) is 4.81. The first-order chi connectivity index (χ1) is 14.0. The predicted octanol–water partition coefficient (Wildman–Crippen LogP) is 1.17. The van der Waals surface area contributed by atoms with Crippen LogP contribution in [0, 0.1) is 6.92 Å². The number of hydrogen-bond donors (Lipinski definition) is 1. The van der Waals surface area contributed by atoms with Crippen molar-refractivity contribution in [2.45, 2.75) is 38.3 Å². The fourth-order valence-corrected chi connectivity index (χ4v) is 4.18. The molecule has 152 valence electrons. The topological polar surface area (TPSA) is 99.0 Å². The Hall–Kier alpha value is -3.00. The molecule has 0 bridgehead atoms. The highest BCUT2D eigenvalue weighted by atomic mass is 16.2. The van der Waals surface area contributed by atoms with Crippen LogP contribution in [0.4, 0.5) is 0 Å². The molecule has 0 aliphatic carbocycles. The second-order valence-corrected chi connectivity index (χ2v) is 7.69. The van der Waals surface area contributed by atoms with Crippen LogP contribution in [-0.2, 0) is 18.4 Å². The van der Waals surface area contributed by atoms with E-state index in [4.69, 9.17) is 5.73 Å². The lowest BCUT2D eigenvalue weighted by Crippen LogP contribution is -2.32. The van der Waals surface area contributed by atoms with E-state index in [-0.39, 0.29) is 23.4 Å². The highest BCUT2D eigenvalue weighted by molar-refractivity contribution is 5.77. The molecule has 3 heterocycles. The van der Waals surface area contributed by atoms with E-state index in [1.54, 1.807) is 16.8 Å². The van der Waals surface area contributed by atoms with E-state index in [0.29, 0.717) is 49.2 Å². The summed E-state index contributed by atoms with van der Waals surface area (Å²) in [7, 11) is 1.89. The Morgan fingerprint density at radius 1 is 1.24 bits per heavy atom. The van der Waals surface area contributed by atoms with Crippen molar-refractivity contribution < 1.29 is 4.79 Å². The normalized spacial score (nSPS) is 19.2. The molecule has 2 aromatic heterocycles. The molecule has 0 saturated carbocycles. The molecule has 1 aliphatic heterocycles. The van der Waals surface area contributed by atoms with Crippen molar-refractivity contribution in [3.8, 4) is 0 Å². The summed E-state index contributed by atoms with van der Waals surface area (Å²) in [5.41, 5.74) is 7.99. The molecular formula is C21H26N6O2. The third-order valence-corrected chi connectivity index (χ3v) is 5.78. The van der Waals surface area contributed by atoms with Gasteiger partial charge in [0.15, 0.2) is 0 Å². The van der Waals surface area contributed by atoms with Gasteiger partial charge in [0.05, 0.1) is 10.9 Å². The van der Waals surface area contributed by atoms with Crippen LogP contribution in [0.15, 0.2) is 41.3 Å². The maximum absolute atomic E-state index is 12.7. The van der Waals surface area contributed by atoms with Crippen LogP contribution in [0.2, 0.25) is 0 Å². The van der Waals surface area contributed by atoms with E-state index in [2.05, 4.69) is 10.1 Å². The van der Waals surface area contributed by atoms with E-state index < -0.39 is 0 Å². The van der Waals surface area contributed by atoms with Gasteiger partial charge in [0.25, 0.3) is 5.56 Å². The highest BCUT2D eigenvalue weighted by Gasteiger charge is 2.35. The van der Waals surface area contributed by atoms with Gasteiger partial charge in [0, 0.05) is 57.0 Å². The van der Waals surface area contributed by atoms with Crippen molar-refractivity contribution in [2.24, 2.45) is 12.8 Å². The van der Waals surface area contributed by atoms with E-state index >= 15 is 0 Å². The van der Waals surface area contributed by atoms with E-state index in [1.165, 1.54) is 0 Å². The molecule has 0 unspecified atom stereocenters. The van der Waals surface area contributed by atoms with Crippen molar-refractivity contribution in [1.29, 1.82) is 0 Å². The van der Waals surface area contributed by atoms with Crippen LogP contribution in [-0.4, -0.2) is 49.3 Å². The Morgan fingerprint density at radius 2 is 2.03 bits per heavy atom. The monoisotopic (exact) mass is 394 g/mol. The van der Waals surface area contributed by atoms with E-state index in [9.17, 15) is 9.59 Å². The Labute approximate surface area is 168 Å². The fraction of sp³-hybridized carbons (Fsp3) is 0.429. The van der Waals surface area contributed by atoms with Crippen LogP contribution in [0.25, 0.3) is 10.9 Å². The van der Waals surface area contributed by atoms with Crippen molar-refractivity contribution in [1.82, 2.24) is 24.2 Å². The molecular weight excluding hydrogens is 368 g/mol. The number of carbonyl (C=O) groups is 1. The first-order valence-corrected chi connectivity index (χ1v) is 9.93. The molecule has 0 radical (unpaired) electrons. The molecule has 1 fully saturated rings. The number of carbonyl (C=O) groups excluding carboxylic acids is 1. The summed E-state index contributed by atoms with van der Waals surface area (Å²) in [6, 6.07) is 9.20. The number of likely N-dealkylation sites (tertiary alicyclic amines) is 1. The van der Waals surface area contributed by atoms with Crippen LogP contribution in [0.3, 0.4) is 0 Å². The lowest BCUT2D eigenvalue weighted by atomic mass is 10.0. The summed E-state index contributed by atoms with van der Waals surface area (Å²) >= 11 is 0. The summed E-state index contributed by atoms with van der Waals surface area (Å²) in [5.74, 6) is 0.839. The first kappa shape index (κ1) is 19.3. The number of rotatable bonds is 5. The average Bonchev–Trinajstić information content (AvgIpc) is 3.29. The number of amides is 1. The number of aromatic nitrogens is 4. The Balaban J connectivity index is 1.39. The summed E-state index contributed by atoms with van der Waals surface area (Å²) in [6.45, 7) is 3.45. The fourth-order valence-electron chi connectivity index (χ4n) is 4.18. The van der Waals surface area contributed by atoms with Crippen molar-refractivity contribution in [3.05, 3.63) is 58.4 Å². The van der Waals surface area contributed by atoms with E-state index in [0.717, 1.165) is 5.69 Å². The predicted molar refractivity (Wildman–Crippen MR) is 110 cm³/mol. The largest absolute Gasteiger partial charge is 0.340 e. The summed E-state index contributed by atoms with van der Waals surface area (Å²) in [4.78, 5) is 31.8. The number of fused-ring (bicyclic) bond motifs is 1. The van der Waals surface area contributed by atoms with Crippen molar-refractivity contribution >= 4 is 16.8 Å². The molecule has 1 amide bonds. The lowest BCUT2D eigenvalue weighted by Gasteiger charge is -2.17. The van der Waals surface area contributed by atoms with Gasteiger partial charge in [-0.05, 0) is 31.5 Å². The van der Waals surface area contributed by atoms with Gasteiger partial charge < -0.3 is 10.6 Å². The van der Waals surface area contributed by atoms with Gasteiger partial charge in [-0.1, -0.05) is 12.1 Å². The number of benzene rings is 1. The molecule has 2 atom stereocenters. The Kier molecular flexibility index (Phi) is 5.19. The second kappa shape index (κ2) is 7.79. The number of aryl methyl sites for hydroxylation is 2. The van der Waals surface area contributed by atoms with Crippen molar-refractivity contribution in [3.63, 3.8) is 0 Å². The van der Waals surface area contributed by atoms with Gasteiger partial charge in [0.2, 0.25) is 5.91 Å². The van der Waals surface area contributed by atoms with Crippen LogP contribution < -0.4 is 11.3 Å². The van der Waals surface area contributed by atoms with Gasteiger partial charge in [0.1, 0.15) is 5.82 Å².